The zero-order valence-corrected chi connectivity index (χ0v) is 17.7. The van der Waals surface area contributed by atoms with Crippen LogP contribution in [0.3, 0.4) is 0 Å². The van der Waals surface area contributed by atoms with Crippen LogP contribution in [-0.4, -0.2) is 29.0 Å². The molecule has 1 heterocycles. The summed E-state index contributed by atoms with van der Waals surface area (Å²) < 4.78 is 4.92. The van der Waals surface area contributed by atoms with Crippen molar-refractivity contribution >= 4 is 57.5 Å². The molecule has 0 unspecified atom stereocenters. The molecule has 3 N–H and O–H groups in total. The zero-order valence-electron chi connectivity index (χ0n) is 16.1. The molecule has 3 aromatic rings. The maximum Gasteiger partial charge on any atom is 0.311 e. The number of methoxy groups -OCH3 is 1. The summed E-state index contributed by atoms with van der Waals surface area (Å²) in [5, 5.41) is 21.0. The van der Waals surface area contributed by atoms with E-state index in [1.165, 1.54) is 30.6 Å². The van der Waals surface area contributed by atoms with E-state index >= 15 is 0 Å². The van der Waals surface area contributed by atoms with Crippen LogP contribution in [0.15, 0.2) is 60.0 Å². The number of thiophene rings is 1. The lowest BCUT2D eigenvalue weighted by molar-refractivity contribution is -0.385. The molecule has 0 saturated heterocycles. The second-order valence-electron chi connectivity index (χ2n) is 6.06. The number of thiocarbonyl (C=S) groups is 1. The lowest BCUT2D eigenvalue weighted by Crippen LogP contribution is -2.34. The van der Waals surface area contributed by atoms with Crippen LogP contribution in [0.5, 0.6) is 5.75 Å². The lowest BCUT2D eigenvalue weighted by Gasteiger charge is -2.11. The molecule has 0 spiro atoms. The molecule has 0 fully saturated rings. The van der Waals surface area contributed by atoms with Gasteiger partial charge in [-0.3, -0.25) is 25.0 Å². The first-order valence-corrected chi connectivity index (χ1v) is 10.1. The van der Waals surface area contributed by atoms with E-state index in [2.05, 4.69) is 16.0 Å². The smallest absolute Gasteiger partial charge is 0.311 e. The van der Waals surface area contributed by atoms with Crippen molar-refractivity contribution in [1.82, 2.24) is 5.32 Å². The number of nitrogens with zero attached hydrogens (tertiary/aromatic N) is 1. The van der Waals surface area contributed by atoms with E-state index in [-0.39, 0.29) is 28.0 Å². The second kappa shape index (κ2) is 9.78. The Kier molecular flexibility index (Phi) is 6.90. The van der Waals surface area contributed by atoms with Gasteiger partial charge < -0.3 is 15.4 Å². The van der Waals surface area contributed by atoms with Crippen LogP contribution in [0, 0.1) is 10.1 Å². The molecule has 158 valence electrons. The predicted octanol–water partition coefficient (Wildman–Crippen LogP) is 4.04. The zero-order chi connectivity index (χ0) is 22.4. The molecule has 9 nitrogen and oxygen atoms in total. The van der Waals surface area contributed by atoms with E-state index in [9.17, 15) is 19.7 Å². The molecule has 0 saturated carbocycles. The first-order valence-electron chi connectivity index (χ1n) is 8.77. The van der Waals surface area contributed by atoms with Crippen molar-refractivity contribution in [3.8, 4) is 5.75 Å². The van der Waals surface area contributed by atoms with Gasteiger partial charge in [0.15, 0.2) is 10.9 Å². The molecule has 2 amide bonds. The van der Waals surface area contributed by atoms with E-state index in [0.717, 1.165) is 6.07 Å². The number of amides is 2. The number of carbonyl (C=O) groups excluding carboxylic acids is 2. The number of rotatable bonds is 6. The summed E-state index contributed by atoms with van der Waals surface area (Å²) >= 11 is 6.48. The number of hydrogen-bond donors (Lipinski definition) is 3. The third kappa shape index (κ3) is 5.62. The first kappa shape index (κ1) is 21.9. The first-order chi connectivity index (χ1) is 14.9. The van der Waals surface area contributed by atoms with Crippen LogP contribution in [0.4, 0.5) is 17.1 Å². The average molecular weight is 457 g/mol. The molecule has 3 rings (SSSR count). The number of ether oxygens (including phenoxy) is 1. The van der Waals surface area contributed by atoms with Gasteiger partial charge in [0.05, 0.1) is 16.9 Å². The quantitative estimate of drug-likeness (QED) is 0.291. The Balaban J connectivity index is 1.59. The van der Waals surface area contributed by atoms with Gasteiger partial charge in [-0.15, -0.1) is 11.3 Å². The van der Waals surface area contributed by atoms with Gasteiger partial charge in [-0.2, -0.15) is 0 Å². The van der Waals surface area contributed by atoms with Gasteiger partial charge in [-0.1, -0.05) is 6.07 Å². The van der Waals surface area contributed by atoms with Crippen LogP contribution < -0.4 is 20.7 Å². The molecule has 2 aromatic carbocycles. The Bertz CT molecular complexity index is 1130. The number of anilines is 2. The van der Waals surface area contributed by atoms with E-state index in [1.807, 2.05) is 5.38 Å². The molecule has 0 atom stereocenters. The number of hydrogen-bond acceptors (Lipinski definition) is 7. The van der Waals surface area contributed by atoms with Crippen molar-refractivity contribution in [3.05, 3.63) is 80.5 Å². The van der Waals surface area contributed by atoms with Gasteiger partial charge in [-0.05, 0) is 60.1 Å². The van der Waals surface area contributed by atoms with E-state index in [1.54, 1.807) is 36.4 Å². The largest absolute Gasteiger partial charge is 0.490 e. The van der Waals surface area contributed by atoms with Crippen LogP contribution in [0.2, 0.25) is 0 Å². The Morgan fingerprint density at radius 1 is 1.03 bits per heavy atom. The minimum atomic E-state index is -0.634. The number of nitro groups is 1. The summed E-state index contributed by atoms with van der Waals surface area (Å²) in [5.74, 6) is -0.760. The normalized spacial score (nSPS) is 10.1. The molecule has 0 aliphatic heterocycles. The van der Waals surface area contributed by atoms with Gasteiger partial charge in [0.1, 0.15) is 0 Å². The molecule has 0 aliphatic carbocycles. The standard InChI is InChI=1S/C20H16N4O5S2/c1-29-16-9-4-12(11-15(16)24(27)28)18(25)23-20(30)22-14-7-5-13(6-8-14)21-19(26)17-3-2-10-31-17/h2-11H,1H3,(H,21,26)(H2,22,23,25,30). The van der Waals surface area contributed by atoms with E-state index in [4.69, 9.17) is 17.0 Å². The SMILES string of the molecule is COc1ccc(C(=O)NC(=S)Nc2ccc(NC(=O)c3cccs3)cc2)cc1[N+](=O)[O-]. The number of benzene rings is 2. The highest BCUT2D eigenvalue weighted by Gasteiger charge is 2.18. The summed E-state index contributed by atoms with van der Waals surface area (Å²) in [6, 6.07) is 14.1. The van der Waals surface area contributed by atoms with E-state index in [0.29, 0.717) is 16.3 Å². The number of nitrogens with one attached hydrogen (secondary N) is 3. The Hall–Kier alpha value is -3.83. The van der Waals surface area contributed by atoms with E-state index < -0.39 is 10.8 Å². The highest BCUT2D eigenvalue weighted by atomic mass is 32.1. The van der Waals surface area contributed by atoms with Crippen LogP contribution in [0.1, 0.15) is 20.0 Å². The molecule has 1 aromatic heterocycles. The predicted molar refractivity (Wildman–Crippen MR) is 122 cm³/mol. The Morgan fingerprint density at radius 3 is 2.29 bits per heavy atom. The van der Waals surface area contributed by atoms with Crippen LogP contribution >= 0.6 is 23.6 Å². The van der Waals surface area contributed by atoms with Crippen molar-refractivity contribution in [2.45, 2.75) is 0 Å². The monoisotopic (exact) mass is 456 g/mol. The summed E-state index contributed by atoms with van der Waals surface area (Å²) in [7, 11) is 1.31. The van der Waals surface area contributed by atoms with Crippen molar-refractivity contribution < 1.29 is 19.2 Å². The summed E-state index contributed by atoms with van der Waals surface area (Å²) in [6.45, 7) is 0. The molecule has 0 radical (unpaired) electrons. The minimum Gasteiger partial charge on any atom is -0.490 e. The van der Waals surface area contributed by atoms with Crippen molar-refractivity contribution in [2.24, 2.45) is 0 Å². The van der Waals surface area contributed by atoms with Gasteiger partial charge >= 0.3 is 5.69 Å². The molecule has 0 aliphatic rings. The minimum absolute atomic E-state index is 0.0128. The summed E-state index contributed by atoms with van der Waals surface area (Å²) in [4.78, 5) is 35.5. The average Bonchev–Trinajstić information content (AvgIpc) is 3.29. The molecular formula is C20H16N4O5S2. The number of nitro benzene ring substituents is 1. The molecule has 0 bridgehead atoms. The van der Waals surface area contributed by atoms with Crippen LogP contribution in [-0.2, 0) is 0 Å². The van der Waals surface area contributed by atoms with Gasteiger partial charge in [-0.25, -0.2) is 0 Å². The molecular weight excluding hydrogens is 440 g/mol. The Labute approximate surface area is 186 Å². The fourth-order valence-corrected chi connectivity index (χ4v) is 3.38. The summed E-state index contributed by atoms with van der Waals surface area (Å²) in [5.41, 5.74) is 0.919. The van der Waals surface area contributed by atoms with Crippen LogP contribution in [0.25, 0.3) is 0 Å². The Morgan fingerprint density at radius 2 is 1.71 bits per heavy atom. The fourth-order valence-electron chi connectivity index (χ4n) is 2.55. The van der Waals surface area contributed by atoms with Gasteiger partial charge in [0.2, 0.25) is 0 Å². The third-order valence-electron chi connectivity index (χ3n) is 4.01. The number of carbonyl (C=O) groups is 2. The van der Waals surface area contributed by atoms with Crippen molar-refractivity contribution in [3.63, 3.8) is 0 Å². The maximum atomic E-state index is 12.4. The maximum absolute atomic E-state index is 12.4. The lowest BCUT2D eigenvalue weighted by atomic mass is 10.1. The third-order valence-corrected chi connectivity index (χ3v) is 5.08. The van der Waals surface area contributed by atoms with Crippen molar-refractivity contribution in [2.75, 3.05) is 17.7 Å². The highest BCUT2D eigenvalue weighted by molar-refractivity contribution is 7.80. The van der Waals surface area contributed by atoms with Crippen molar-refractivity contribution in [1.29, 1.82) is 0 Å². The topological polar surface area (TPSA) is 123 Å². The highest BCUT2D eigenvalue weighted by Crippen LogP contribution is 2.27. The van der Waals surface area contributed by atoms with Gasteiger partial charge in [0, 0.05) is 23.0 Å². The molecule has 31 heavy (non-hydrogen) atoms. The fraction of sp³-hybridized carbons (Fsp3) is 0.0500. The second-order valence-corrected chi connectivity index (χ2v) is 7.42. The summed E-state index contributed by atoms with van der Waals surface area (Å²) in [6.07, 6.45) is 0. The molecule has 11 heteroatoms. The van der Waals surface area contributed by atoms with Gasteiger partial charge in [0.25, 0.3) is 11.8 Å².